The molecule has 5 aromatic rings. The number of carbonyl (C=O) groups excluding carboxylic acids is 1. The molecule has 1 amide bonds. The minimum absolute atomic E-state index is 0.0538. The summed E-state index contributed by atoms with van der Waals surface area (Å²) in [5, 5.41) is 7.33. The van der Waals surface area contributed by atoms with Gasteiger partial charge in [-0.3, -0.25) is 14.2 Å². The average molecular weight is 440 g/mol. The van der Waals surface area contributed by atoms with Crippen molar-refractivity contribution in [2.75, 3.05) is 11.5 Å². The first kappa shape index (κ1) is 20.2. The van der Waals surface area contributed by atoms with E-state index in [0.29, 0.717) is 33.7 Å². The van der Waals surface area contributed by atoms with E-state index in [9.17, 15) is 9.59 Å². The molecule has 33 heavy (non-hydrogen) atoms. The van der Waals surface area contributed by atoms with Gasteiger partial charge in [-0.25, -0.2) is 14.5 Å². The number of nitrogens with zero attached hydrogens (tertiary/aromatic N) is 5. The van der Waals surface area contributed by atoms with Crippen LogP contribution in [0.15, 0.2) is 71.8 Å². The summed E-state index contributed by atoms with van der Waals surface area (Å²) in [6.45, 7) is 1.74. The third kappa shape index (κ3) is 3.33. The van der Waals surface area contributed by atoms with E-state index in [4.69, 9.17) is 16.5 Å². The lowest BCUT2D eigenvalue weighted by Crippen LogP contribution is -2.33. The number of anilines is 2. The van der Waals surface area contributed by atoms with Gasteiger partial charge in [0.05, 0.1) is 22.6 Å². The SMILES string of the molecule is CC(NC(=O)c1c(N)nn2cccnc12)c1nc2cccc(N)c2c(=O)n1-c1ccccc1. The molecule has 1 unspecified atom stereocenters. The van der Waals surface area contributed by atoms with Crippen LogP contribution in [-0.2, 0) is 0 Å². The van der Waals surface area contributed by atoms with Gasteiger partial charge in [-0.15, -0.1) is 5.10 Å². The number of amides is 1. The van der Waals surface area contributed by atoms with Gasteiger partial charge in [0.2, 0.25) is 0 Å². The number of hydrogen-bond donors (Lipinski definition) is 3. The van der Waals surface area contributed by atoms with E-state index in [1.165, 1.54) is 9.08 Å². The van der Waals surface area contributed by atoms with E-state index in [2.05, 4.69) is 15.4 Å². The number of aromatic nitrogens is 5. The van der Waals surface area contributed by atoms with Gasteiger partial charge in [-0.05, 0) is 37.3 Å². The van der Waals surface area contributed by atoms with Crippen molar-refractivity contribution in [3.63, 3.8) is 0 Å². The summed E-state index contributed by atoms with van der Waals surface area (Å²) in [5.41, 5.74) is 13.6. The number of rotatable bonds is 4. The van der Waals surface area contributed by atoms with Crippen molar-refractivity contribution in [2.45, 2.75) is 13.0 Å². The highest BCUT2D eigenvalue weighted by atomic mass is 16.2. The first-order chi connectivity index (χ1) is 16.0. The molecule has 3 aromatic heterocycles. The Labute approximate surface area is 187 Å². The van der Waals surface area contributed by atoms with Crippen LogP contribution >= 0.6 is 0 Å². The Kier molecular flexibility index (Phi) is 4.74. The van der Waals surface area contributed by atoms with Crippen molar-refractivity contribution >= 4 is 34.0 Å². The Morgan fingerprint density at radius 3 is 2.64 bits per heavy atom. The van der Waals surface area contributed by atoms with E-state index in [0.717, 1.165) is 0 Å². The minimum atomic E-state index is -0.658. The fourth-order valence-corrected chi connectivity index (χ4v) is 3.85. The van der Waals surface area contributed by atoms with Crippen molar-refractivity contribution < 1.29 is 4.79 Å². The number of nitrogen functional groups attached to an aromatic ring is 2. The molecule has 0 aliphatic rings. The molecule has 0 spiro atoms. The summed E-state index contributed by atoms with van der Waals surface area (Å²) in [6, 6.07) is 15.2. The number of para-hydroxylation sites is 1. The summed E-state index contributed by atoms with van der Waals surface area (Å²) in [5.74, 6) is -0.0750. The summed E-state index contributed by atoms with van der Waals surface area (Å²) in [7, 11) is 0. The Bertz CT molecular complexity index is 1570. The van der Waals surface area contributed by atoms with Crippen LogP contribution in [0.2, 0.25) is 0 Å². The topological polar surface area (TPSA) is 146 Å². The molecule has 2 aromatic carbocycles. The number of benzene rings is 2. The molecule has 0 fully saturated rings. The molecule has 5 rings (SSSR count). The van der Waals surface area contributed by atoms with Gasteiger partial charge in [0, 0.05) is 18.1 Å². The molecular formula is C23H20N8O2. The summed E-state index contributed by atoms with van der Waals surface area (Å²) in [6.07, 6.45) is 3.21. The Morgan fingerprint density at radius 2 is 1.85 bits per heavy atom. The van der Waals surface area contributed by atoms with Gasteiger partial charge in [-0.2, -0.15) is 0 Å². The molecule has 1 atom stereocenters. The number of hydrogen-bond acceptors (Lipinski definition) is 7. The molecule has 0 bridgehead atoms. The predicted octanol–water partition coefficient (Wildman–Crippen LogP) is 2.08. The summed E-state index contributed by atoms with van der Waals surface area (Å²) >= 11 is 0. The average Bonchev–Trinajstić information content (AvgIpc) is 3.15. The second kappa shape index (κ2) is 7.75. The highest BCUT2D eigenvalue weighted by molar-refractivity contribution is 6.04. The van der Waals surface area contributed by atoms with Crippen LogP contribution in [0, 0.1) is 0 Å². The Balaban J connectivity index is 1.64. The molecular weight excluding hydrogens is 420 g/mol. The lowest BCUT2D eigenvalue weighted by atomic mass is 10.1. The van der Waals surface area contributed by atoms with Crippen LogP contribution in [0.25, 0.3) is 22.2 Å². The highest BCUT2D eigenvalue weighted by Crippen LogP contribution is 2.22. The van der Waals surface area contributed by atoms with Crippen molar-refractivity contribution in [3.8, 4) is 5.69 Å². The second-order valence-electron chi connectivity index (χ2n) is 7.53. The molecule has 0 radical (unpaired) electrons. The van der Waals surface area contributed by atoms with Gasteiger partial charge < -0.3 is 16.8 Å². The third-order valence-corrected chi connectivity index (χ3v) is 5.35. The summed E-state index contributed by atoms with van der Waals surface area (Å²) in [4.78, 5) is 35.6. The van der Waals surface area contributed by atoms with Gasteiger partial charge in [0.1, 0.15) is 11.4 Å². The number of nitrogens with two attached hydrogens (primary N) is 2. The monoisotopic (exact) mass is 440 g/mol. The van der Waals surface area contributed by atoms with E-state index in [1.807, 2.05) is 18.2 Å². The van der Waals surface area contributed by atoms with Crippen molar-refractivity contribution in [1.82, 2.24) is 29.5 Å². The molecule has 3 heterocycles. The van der Waals surface area contributed by atoms with Crippen LogP contribution in [0.1, 0.15) is 29.1 Å². The first-order valence-electron chi connectivity index (χ1n) is 10.2. The molecule has 0 aliphatic carbocycles. The Hall–Kier alpha value is -4.73. The number of nitrogens with one attached hydrogen (secondary N) is 1. The zero-order valence-electron chi connectivity index (χ0n) is 17.6. The normalized spacial score (nSPS) is 12.2. The number of carbonyl (C=O) groups is 1. The molecule has 0 aliphatic heterocycles. The summed E-state index contributed by atoms with van der Waals surface area (Å²) < 4.78 is 2.90. The first-order valence-corrected chi connectivity index (χ1v) is 10.2. The predicted molar refractivity (Wildman–Crippen MR) is 125 cm³/mol. The fourth-order valence-electron chi connectivity index (χ4n) is 3.85. The van der Waals surface area contributed by atoms with Crippen LogP contribution in [0.5, 0.6) is 0 Å². The third-order valence-electron chi connectivity index (χ3n) is 5.35. The maximum atomic E-state index is 13.5. The van der Waals surface area contributed by atoms with Crippen LogP contribution in [0.3, 0.4) is 0 Å². The zero-order valence-corrected chi connectivity index (χ0v) is 17.6. The zero-order chi connectivity index (χ0) is 23.1. The molecule has 10 heteroatoms. The molecule has 0 saturated carbocycles. The van der Waals surface area contributed by atoms with Gasteiger partial charge >= 0.3 is 0 Å². The molecule has 10 nitrogen and oxygen atoms in total. The molecule has 164 valence electrons. The van der Waals surface area contributed by atoms with Crippen molar-refractivity contribution in [3.05, 3.63) is 88.7 Å². The standard InChI is InChI=1S/C23H20N8O2/c1-13(27-22(32)18-19(25)29-30-12-6-11-26-21(18)30)20-28-16-10-5-9-15(24)17(16)23(33)31(20)14-7-3-2-4-8-14/h2-13H,24H2,1H3,(H2,25,29)(H,27,32). The van der Waals surface area contributed by atoms with Crippen LogP contribution in [-0.4, -0.2) is 30.1 Å². The van der Waals surface area contributed by atoms with Gasteiger partial charge in [0.15, 0.2) is 11.5 Å². The number of fused-ring (bicyclic) bond motifs is 2. The van der Waals surface area contributed by atoms with E-state index < -0.39 is 11.9 Å². The molecule has 0 saturated heterocycles. The van der Waals surface area contributed by atoms with E-state index in [-0.39, 0.29) is 16.9 Å². The lowest BCUT2D eigenvalue weighted by molar-refractivity contribution is 0.0940. The quantitative estimate of drug-likeness (QED) is 0.363. The van der Waals surface area contributed by atoms with Gasteiger partial charge in [-0.1, -0.05) is 24.3 Å². The maximum Gasteiger partial charge on any atom is 0.268 e. The van der Waals surface area contributed by atoms with Crippen molar-refractivity contribution in [1.29, 1.82) is 0 Å². The highest BCUT2D eigenvalue weighted by Gasteiger charge is 2.24. The van der Waals surface area contributed by atoms with Crippen LogP contribution < -0.4 is 22.3 Å². The lowest BCUT2D eigenvalue weighted by Gasteiger charge is -2.20. The smallest absolute Gasteiger partial charge is 0.268 e. The van der Waals surface area contributed by atoms with Gasteiger partial charge in [0.25, 0.3) is 11.5 Å². The molecule has 5 N–H and O–H groups in total. The maximum absolute atomic E-state index is 13.5. The van der Waals surface area contributed by atoms with Crippen molar-refractivity contribution in [2.24, 2.45) is 0 Å². The van der Waals surface area contributed by atoms with E-state index >= 15 is 0 Å². The minimum Gasteiger partial charge on any atom is -0.398 e. The van der Waals surface area contributed by atoms with Crippen LogP contribution in [0.4, 0.5) is 11.5 Å². The Morgan fingerprint density at radius 1 is 1.06 bits per heavy atom. The largest absolute Gasteiger partial charge is 0.398 e. The van der Waals surface area contributed by atoms with E-state index in [1.54, 1.807) is 55.7 Å². The fraction of sp³-hybridized carbons (Fsp3) is 0.0870. The second-order valence-corrected chi connectivity index (χ2v) is 7.53.